The van der Waals surface area contributed by atoms with E-state index >= 15 is 0 Å². The highest BCUT2D eigenvalue weighted by atomic mass is 19.1. The second kappa shape index (κ2) is 6.45. The molecule has 126 valence electrons. The van der Waals surface area contributed by atoms with Crippen molar-refractivity contribution in [3.63, 3.8) is 0 Å². The van der Waals surface area contributed by atoms with Crippen LogP contribution in [0.2, 0.25) is 0 Å². The van der Waals surface area contributed by atoms with Gasteiger partial charge in [-0.15, -0.1) is 0 Å². The summed E-state index contributed by atoms with van der Waals surface area (Å²) >= 11 is 0. The van der Waals surface area contributed by atoms with E-state index in [-0.39, 0.29) is 11.6 Å². The molecule has 0 aliphatic carbocycles. The van der Waals surface area contributed by atoms with Gasteiger partial charge in [-0.3, -0.25) is 4.90 Å². The summed E-state index contributed by atoms with van der Waals surface area (Å²) in [5.41, 5.74) is 1.26. The maximum atomic E-state index is 12.9. The van der Waals surface area contributed by atoms with Gasteiger partial charge in [-0.2, -0.15) is 0 Å². The van der Waals surface area contributed by atoms with Crippen molar-refractivity contribution < 1.29 is 9.13 Å². The third-order valence-electron chi connectivity index (χ3n) is 4.81. The first kappa shape index (κ1) is 15.5. The predicted molar refractivity (Wildman–Crippen MR) is 89.0 cm³/mol. The zero-order valence-corrected chi connectivity index (χ0v) is 13.5. The van der Waals surface area contributed by atoms with Gasteiger partial charge >= 0.3 is 0 Å². The molecule has 3 heterocycles. The first-order chi connectivity index (χ1) is 11.7. The Kier molecular flexibility index (Phi) is 4.16. The fraction of sp³-hybridized carbons (Fsp3) is 0.444. The summed E-state index contributed by atoms with van der Waals surface area (Å²) in [5.74, 6) is 0.0354. The second-order valence-electron chi connectivity index (χ2n) is 6.71. The van der Waals surface area contributed by atoms with Crippen molar-refractivity contribution in [1.29, 1.82) is 0 Å². The van der Waals surface area contributed by atoms with Crippen LogP contribution >= 0.6 is 0 Å². The number of ether oxygens (including phenoxy) is 1. The van der Waals surface area contributed by atoms with Gasteiger partial charge in [-0.05, 0) is 12.0 Å². The van der Waals surface area contributed by atoms with E-state index in [9.17, 15) is 4.39 Å². The van der Waals surface area contributed by atoms with E-state index < -0.39 is 5.82 Å². The molecule has 2 aliphatic rings. The summed E-state index contributed by atoms with van der Waals surface area (Å²) in [6.45, 7) is 3.60. The van der Waals surface area contributed by atoms with Crippen molar-refractivity contribution in [2.45, 2.75) is 31.0 Å². The number of likely N-dealkylation sites (tertiary alicyclic amines) is 1. The summed E-state index contributed by atoms with van der Waals surface area (Å²) in [4.78, 5) is 10.4. The second-order valence-corrected chi connectivity index (χ2v) is 6.71. The molecular formula is C18H21FN4O. The third-order valence-corrected chi connectivity index (χ3v) is 4.81. The van der Waals surface area contributed by atoms with Crippen LogP contribution in [0.15, 0.2) is 42.7 Å². The van der Waals surface area contributed by atoms with E-state index in [4.69, 9.17) is 4.74 Å². The highest BCUT2D eigenvalue weighted by Crippen LogP contribution is 2.36. The maximum Gasteiger partial charge on any atom is 0.223 e. The number of hydrogen-bond acceptors (Lipinski definition) is 5. The number of rotatable bonds is 4. The summed E-state index contributed by atoms with van der Waals surface area (Å²) in [6, 6.07) is 10.7. The zero-order valence-electron chi connectivity index (χ0n) is 13.5. The van der Waals surface area contributed by atoms with Crippen molar-refractivity contribution in [2.75, 3.05) is 25.0 Å². The lowest BCUT2D eigenvalue weighted by atomic mass is 9.97. The Balaban J connectivity index is 1.33. The predicted octanol–water partition coefficient (Wildman–Crippen LogP) is 2.46. The van der Waals surface area contributed by atoms with Gasteiger partial charge in [0.1, 0.15) is 0 Å². The molecule has 0 saturated carbocycles. The average Bonchev–Trinajstić information content (AvgIpc) is 3.17. The molecule has 2 fully saturated rings. The van der Waals surface area contributed by atoms with Gasteiger partial charge in [-0.1, -0.05) is 30.3 Å². The third kappa shape index (κ3) is 3.39. The highest BCUT2D eigenvalue weighted by molar-refractivity contribution is 5.26. The van der Waals surface area contributed by atoms with Gasteiger partial charge in [0.05, 0.1) is 30.6 Å². The quantitative estimate of drug-likeness (QED) is 0.934. The van der Waals surface area contributed by atoms with E-state index in [1.165, 1.54) is 18.0 Å². The van der Waals surface area contributed by atoms with Crippen LogP contribution in [0.1, 0.15) is 18.4 Å². The van der Waals surface area contributed by atoms with Gasteiger partial charge in [-0.25, -0.2) is 14.4 Å². The Morgan fingerprint density at radius 1 is 1.25 bits per heavy atom. The molecule has 1 aromatic carbocycles. The van der Waals surface area contributed by atoms with Crippen LogP contribution in [0.5, 0.6) is 0 Å². The van der Waals surface area contributed by atoms with E-state index in [1.54, 1.807) is 0 Å². The van der Waals surface area contributed by atoms with Crippen molar-refractivity contribution in [1.82, 2.24) is 14.9 Å². The van der Waals surface area contributed by atoms with E-state index in [0.29, 0.717) is 12.6 Å². The van der Waals surface area contributed by atoms with E-state index in [0.717, 1.165) is 32.5 Å². The number of anilines is 1. The van der Waals surface area contributed by atoms with Crippen LogP contribution in [-0.4, -0.2) is 46.2 Å². The normalized spacial score (nSPS) is 27.0. The maximum absolute atomic E-state index is 12.9. The van der Waals surface area contributed by atoms with Crippen LogP contribution in [0, 0.1) is 5.82 Å². The van der Waals surface area contributed by atoms with E-state index in [1.807, 2.05) is 6.07 Å². The van der Waals surface area contributed by atoms with Gasteiger partial charge in [0.25, 0.3) is 0 Å². The Bertz CT molecular complexity index is 681. The summed E-state index contributed by atoms with van der Waals surface area (Å²) in [5, 5.41) is 3.25. The number of nitrogens with zero attached hydrogens (tertiary/aromatic N) is 3. The van der Waals surface area contributed by atoms with Gasteiger partial charge in [0.15, 0.2) is 5.82 Å². The summed E-state index contributed by atoms with van der Waals surface area (Å²) in [6.07, 6.45) is 4.33. The van der Waals surface area contributed by atoms with Gasteiger partial charge < -0.3 is 10.1 Å². The number of nitrogens with one attached hydrogen (secondary N) is 1. The molecule has 2 saturated heterocycles. The first-order valence-corrected chi connectivity index (χ1v) is 8.35. The molecule has 0 unspecified atom stereocenters. The monoisotopic (exact) mass is 328 g/mol. The molecule has 2 aromatic rings. The molecule has 2 aliphatic heterocycles. The van der Waals surface area contributed by atoms with Crippen molar-refractivity contribution in [2.24, 2.45) is 0 Å². The molecule has 4 rings (SSSR count). The van der Waals surface area contributed by atoms with Crippen LogP contribution < -0.4 is 5.32 Å². The molecule has 24 heavy (non-hydrogen) atoms. The van der Waals surface area contributed by atoms with Crippen LogP contribution in [0.25, 0.3) is 0 Å². The molecule has 5 nitrogen and oxygen atoms in total. The Morgan fingerprint density at radius 2 is 2.04 bits per heavy atom. The summed E-state index contributed by atoms with van der Waals surface area (Å²) in [7, 11) is 0. The smallest absolute Gasteiger partial charge is 0.223 e. The molecule has 1 spiro atoms. The first-order valence-electron chi connectivity index (χ1n) is 8.35. The fourth-order valence-electron chi connectivity index (χ4n) is 3.69. The molecule has 6 heteroatoms. The Hall–Kier alpha value is -2.05. The molecule has 0 radical (unpaired) electrons. The number of benzene rings is 1. The van der Waals surface area contributed by atoms with Crippen LogP contribution in [-0.2, 0) is 11.3 Å². The lowest BCUT2D eigenvalue weighted by molar-refractivity contribution is 0.0120. The molecule has 1 N–H and O–H groups in total. The van der Waals surface area contributed by atoms with Gasteiger partial charge in [0.2, 0.25) is 5.95 Å². The lowest BCUT2D eigenvalue weighted by Gasteiger charge is -2.23. The van der Waals surface area contributed by atoms with Gasteiger partial charge in [0, 0.05) is 26.1 Å². The van der Waals surface area contributed by atoms with Crippen molar-refractivity contribution in [3.05, 3.63) is 54.1 Å². The molecule has 1 aromatic heterocycles. The fourth-order valence-corrected chi connectivity index (χ4v) is 3.69. The highest BCUT2D eigenvalue weighted by Gasteiger charge is 2.45. The molecule has 0 bridgehead atoms. The SMILES string of the molecule is Fc1cnc(N[C@H]2CO[C@]3(CCN(Cc4ccccc4)C3)C2)nc1. The lowest BCUT2D eigenvalue weighted by Crippen LogP contribution is -2.33. The van der Waals surface area contributed by atoms with Crippen molar-refractivity contribution in [3.8, 4) is 0 Å². The largest absolute Gasteiger partial charge is 0.371 e. The Morgan fingerprint density at radius 3 is 2.83 bits per heavy atom. The summed E-state index contributed by atoms with van der Waals surface area (Å²) < 4.78 is 19.0. The topological polar surface area (TPSA) is 50.3 Å². The van der Waals surface area contributed by atoms with Crippen molar-refractivity contribution >= 4 is 5.95 Å². The van der Waals surface area contributed by atoms with Crippen LogP contribution in [0.4, 0.5) is 10.3 Å². The standard InChI is InChI=1S/C18H21FN4O/c19-15-9-20-17(21-10-15)22-16-8-18(24-12-16)6-7-23(13-18)11-14-4-2-1-3-5-14/h1-5,9-10,16H,6-8,11-13H2,(H,20,21,22)/t16-,18-/m1/s1. The average molecular weight is 328 g/mol. The minimum atomic E-state index is -0.424. The Labute approximate surface area is 140 Å². The molecule has 0 amide bonds. The molecule has 2 atom stereocenters. The minimum absolute atomic E-state index is 0.0769. The number of aromatic nitrogens is 2. The number of halogens is 1. The zero-order chi connectivity index (χ0) is 16.4. The van der Waals surface area contributed by atoms with Crippen LogP contribution in [0.3, 0.4) is 0 Å². The number of hydrogen-bond donors (Lipinski definition) is 1. The van der Waals surface area contributed by atoms with E-state index in [2.05, 4.69) is 44.5 Å². The molecular weight excluding hydrogens is 307 g/mol. The minimum Gasteiger partial charge on any atom is -0.371 e.